The zero-order valence-electron chi connectivity index (χ0n) is 10.9. The van der Waals surface area contributed by atoms with E-state index < -0.39 is 0 Å². The predicted molar refractivity (Wildman–Crippen MR) is 68.2 cm³/mol. The van der Waals surface area contributed by atoms with E-state index in [2.05, 4.69) is 4.90 Å². The molecule has 0 amide bonds. The Morgan fingerprint density at radius 2 is 2.28 bits per heavy atom. The van der Waals surface area contributed by atoms with E-state index in [4.69, 9.17) is 4.74 Å². The molecule has 2 atom stereocenters. The number of methoxy groups -OCH3 is 1. The van der Waals surface area contributed by atoms with Gasteiger partial charge < -0.3 is 9.84 Å². The number of halogens is 1. The van der Waals surface area contributed by atoms with Gasteiger partial charge in [-0.2, -0.15) is 0 Å². The third-order valence-electron chi connectivity index (χ3n) is 3.63. The van der Waals surface area contributed by atoms with Crippen molar-refractivity contribution in [2.75, 3.05) is 20.2 Å². The first-order valence-corrected chi connectivity index (χ1v) is 6.37. The van der Waals surface area contributed by atoms with Crippen molar-refractivity contribution < 1.29 is 14.2 Å². The SMILES string of the molecule is COc1ccc([C@H](C)N2CCC[C@H](O)C2)c(F)c1. The zero-order chi connectivity index (χ0) is 13.1. The molecule has 100 valence electrons. The summed E-state index contributed by atoms with van der Waals surface area (Å²) in [7, 11) is 1.53. The molecule has 0 radical (unpaired) electrons. The smallest absolute Gasteiger partial charge is 0.131 e. The lowest BCUT2D eigenvalue weighted by Gasteiger charge is -2.35. The largest absolute Gasteiger partial charge is 0.497 e. The maximum absolute atomic E-state index is 14.0. The third-order valence-corrected chi connectivity index (χ3v) is 3.63. The van der Waals surface area contributed by atoms with Gasteiger partial charge in [0.15, 0.2) is 0 Å². The average molecular weight is 253 g/mol. The molecule has 0 aromatic heterocycles. The van der Waals surface area contributed by atoms with Crippen molar-refractivity contribution in [1.29, 1.82) is 0 Å². The number of benzene rings is 1. The number of aliphatic hydroxyl groups excluding tert-OH is 1. The quantitative estimate of drug-likeness (QED) is 0.897. The van der Waals surface area contributed by atoms with E-state index in [-0.39, 0.29) is 18.0 Å². The Balaban J connectivity index is 2.15. The van der Waals surface area contributed by atoms with Crippen LogP contribution in [0.15, 0.2) is 18.2 Å². The molecule has 1 aliphatic rings. The number of β-amino-alcohol motifs (C(OH)–C–C–N with tert-alkyl or cyclic N) is 1. The molecule has 1 aromatic rings. The van der Waals surface area contributed by atoms with Gasteiger partial charge in [0.05, 0.1) is 13.2 Å². The molecule has 1 aliphatic heterocycles. The summed E-state index contributed by atoms with van der Waals surface area (Å²) in [5.74, 6) is 0.282. The minimum Gasteiger partial charge on any atom is -0.497 e. The topological polar surface area (TPSA) is 32.7 Å². The van der Waals surface area contributed by atoms with Gasteiger partial charge in [0.1, 0.15) is 11.6 Å². The standard InChI is InChI=1S/C14H20FNO2/c1-10(16-7-3-4-11(17)9-16)13-6-5-12(18-2)8-14(13)15/h5-6,8,10-11,17H,3-4,7,9H2,1-2H3/t10-,11-/m0/s1. The number of nitrogens with zero attached hydrogens (tertiary/aromatic N) is 1. The van der Waals surface area contributed by atoms with Crippen molar-refractivity contribution in [3.8, 4) is 5.75 Å². The summed E-state index contributed by atoms with van der Waals surface area (Å²) < 4.78 is 19.0. The van der Waals surface area contributed by atoms with Gasteiger partial charge in [0, 0.05) is 24.2 Å². The van der Waals surface area contributed by atoms with Gasteiger partial charge >= 0.3 is 0 Å². The van der Waals surface area contributed by atoms with Crippen LogP contribution < -0.4 is 4.74 Å². The summed E-state index contributed by atoms with van der Waals surface area (Å²) in [6.45, 7) is 3.50. The van der Waals surface area contributed by atoms with E-state index >= 15 is 0 Å². The van der Waals surface area contributed by atoms with Gasteiger partial charge in [-0.3, -0.25) is 4.90 Å². The average Bonchev–Trinajstić information content (AvgIpc) is 2.37. The molecule has 3 nitrogen and oxygen atoms in total. The number of aliphatic hydroxyl groups is 1. The van der Waals surface area contributed by atoms with E-state index in [0.29, 0.717) is 17.9 Å². The lowest BCUT2D eigenvalue weighted by Crippen LogP contribution is -2.39. The third kappa shape index (κ3) is 2.82. The van der Waals surface area contributed by atoms with Crippen molar-refractivity contribution in [1.82, 2.24) is 4.90 Å². The first kappa shape index (κ1) is 13.3. The van der Waals surface area contributed by atoms with Crippen molar-refractivity contribution in [2.45, 2.75) is 31.9 Å². The molecule has 0 saturated carbocycles. The summed E-state index contributed by atoms with van der Waals surface area (Å²) in [6, 6.07) is 4.92. The number of likely N-dealkylation sites (tertiary alicyclic amines) is 1. The minimum absolute atomic E-state index is 0.0224. The fourth-order valence-electron chi connectivity index (χ4n) is 2.51. The second-order valence-electron chi connectivity index (χ2n) is 4.85. The molecular formula is C14H20FNO2. The van der Waals surface area contributed by atoms with Crippen LogP contribution in [-0.2, 0) is 0 Å². The van der Waals surface area contributed by atoms with E-state index in [0.717, 1.165) is 19.4 Å². The van der Waals surface area contributed by atoms with E-state index in [1.54, 1.807) is 12.1 Å². The fourth-order valence-corrected chi connectivity index (χ4v) is 2.51. The Hall–Kier alpha value is -1.13. The summed E-state index contributed by atoms with van der Waals surface area (Å²) in [5.41, 5.74) is 0.657. The van der Waals surface area contributed by atoms with Crippen LogP contribution in [0.3, 0.4) is 0 Å². The number of hydrogen-bond donors (Lipinski definition) is 1. The number of ether oxygens (including phenoxy) is 1. The normalized spacial score (nSPS) is 22.8. The van der Waals surface area contributed by atoms with Crippen LogP contribution in [-0.4, -0.2) is 36.3 Å². The Bertz CT molecular complexity index is 411. The van der Waals surface area contributed by atoms with Gasteiger partial charge in [-0.15, -0.1) is 0 Å². The van der Waals surface area contributed by atoms with Crippen LogP contribution in [0.25, 0.3) is 0 Å². The molecule has 0 aliphatic carbocycles. The fraction of sp³-hybridized carbons (Fsp3) is 0.571. The first-order valence-electron chi connectivity index (χ1n) is 6.37. The molecule has 18 heavy (non-hydrogen) atoms. The van der Waals surface area contributed by atoms with Gasteiger partial charge in [-0.1, -0.05) is 6.07 Å². The summed E-state index contributed by atoms with van der Waals surface area (Å²) in [4.78, 5) is 2.12. The molecule has 1 N–H and O–H groups in total. The molecular weight excluding hydrogens is 233 g/mol. The summed E-state index contributed by atoms with van der Waals surface area (Å²) in [5, 5.41) is 9.67. The Labute approximate surface area is 107 Å². The maximum atomic E-state index is 14.0. The molecule has 0 bridgehead atoms. The highest BCUT2D eigenvalue weighted by atomic mass is 19.1. The monoisotopic (exact) mass is 253 g/mol. The van der Waals surface area contributed by atoms with Crippen LogP contribution in [0.1, 0.15) is 31.4 Å². The van der Waals surface area contributed by atoms with Gasteiger partial charge in [0.25, 0.3) is 0 Å². The highest BCUT2D eigenvalue weighted by molar-refractivity contribution is 5.30. The number of hydrogen-bond acceptors (Lipinski definition) is 3. The van der Waals surface area contributed by atoms with E-state index in [1.807, 2.05) is 6.92 Å². The van der Waals surface area contributed by atoms with E-state index in [1.165, 1.54) is 13.2 Å². The highest BCUT2D eigenvalue weighted by Crippen LogP contribution is 2.28. The Kier molecular flexibility index (Phi) is 4.19. The number of piperidine rings is 1. The van der Waals surface area contributed by atoms with Crippen molar-refractivity contribution in [2.24, 2.45) is 0 Å². The van der Waals surface area contributed by atoms with Crippen molar-refractivity contribution in [3.05, 3.63) is 29.6 Å². The second-order valence-corrected chi connectivity index (χ2v) is 4.85. The Morgan fingerprint density at radius 1 is 1.50 bits per heavy atom. The lowest BCUT2D eigenvalue weighted by atomic mass is 10.0. The van der Waals surface area contributed by atoms with Gasteiger partial charge in [-0.05, 0) is 32.4 Å². The summed E-state index contributed by atoms with van der Waals surface area (Å²) in [6.07, 6.45) is 1.51. The second kappa shape index (κ2) is 5.67. The van der Waals surface area contributed by atoms with Crippen molar-refractivity contribution in [3.63, 3.8) is 0 Å². The van der Waals surface area contributed by atoms with Gasteiger partial charge in [0.2, 0.25) is 0 Å². The molecule has 1 aromatic carbocycles. The molecule has 4 heteroatoms. The van der Waals surface area contributed by atoms with Crippen LogP contribution in [0.5, 0.6) is 5.75 Å². The lowest BCUT2D eigenvalue weighted by molar-refractivity contribution is 0.0495. The molecule has 0 spiro atoms. The van der Waals surface area contributed by atoms with Crippen LogP contribution >= 0.6 is 0 Å². The molecule has 1 heterocycles. The molecule has 2 rings (SSSR count). The molecule has 1 fully saturated rings. The maximum Gasteiger partial charge on any atom is 0.131 e. The number of rotatable bonds is 3. The van der Waals surface area contributed by atoms with Crippen LogP contribution in [0.4, 0.5) is 4.39 Å². The predicted octanol–water partition coefficient (Wildman–Crippen LogP) is 2.35. The zero-order valence-corrected chi connectivity index (χ0v) is 10.9. The van der Waals surface area contributed by atoms with E-state index in [9.17, 15) is 9.50 Å². The highest BCUT2D eigenvalue weighted by Gasteiger charge is 2.24. The van der Waals surface area contributed by atoms with Crippen LogP contribution in [0.2, 0.25) is 0 Å². The molecule has 0 unspecified atom stereocenters. The Morgan fingerprint density at radius 3 is 2.89 bits per heavy atom. The summed E-state index contributed by atoms with van der Waals surface area (Å²) >= 11 is 0. The molecule has 1 saturated heterocycles. The van der Waals surface area contributed by atoms with Crippen molar-refractivity contribution >= 4 is 0 Å². The van der Waals surface area contributed by atoms with Gasteiger partial charge in [-0.25, -0.2) is 4.39 Å². The first-order chi connectivity index (χ1) is 8.61. The minimum atomic E-state index is -0.289. The van der Waals surface area contributed by atoms with Crippen LogP contribution in [0, 0.1) is 5.82 Å².